The predicted octanol–water partition coefficient (Wildman–Crippen LogP) is 4.42. The highest BCUT2D eigenvalue weighted by molar-refractivity contribution is 6.17. The van der Waals surface area contributed by atoms with Gasteiger partial charge in [-0.15, -0.1) is 0 Å². The Morgan fingerprint density at radius 2 is 1.79 bits per heavy atom. The van der Waals surface area contributed by atoms with Crippen molar-refractivity contribution >= 4 is 34.8 Å². The van der Waals surface area contributed by atoms with Crippen molar-refractivity contribution in [2.24, 2.45) is 5.92 Å². The maximum Gasteiger partial charge on any atom is 0.416 e. The third-order valence-electron chi connectivity index (χ3n) is 6.54. The third-order valence-corrected chi connectivity index (χ3v) is 6.54. The van der Waals surface area contributed by atoms with Crippen molar-refractivity contribution < 1.29 is 22.8 Å². The molecule has 1 aliphatic heterocycles. The Bertz CT molecular complexity index is 1380. The van der Waals surface area contributed by atoms with Gasteiger partial charge >= 0.3 is 6.18 Å². The van der Waals surface area contributed by atoms with Crippen molar-refractivity contribution in [2.45, 2.75) is 25.9 Å². The fraction of sp³-hybridized carbons (Fsp3) is 0.296. The van der Waals surface area contributed by atoms with Crippen LogP contribution in [0.4, 0.5) is 30.5 Å². The molecule has 1 fully saturated rings. The van der Waals surface area contributed by atoms with E-state index >= 15 is 0 Å². The molecular weight excluding hydrogens is 511 g/mol. The van der Waals surface area contributed by atoms with Crippen LogP contribution in [-0.2, 0) is 11.0 Å². The number of pyridine rings is 2. The molecule has 39 heavy (non-hydrogen) atoms. The van der Waals surface area contributed by atoms with Crippen molar-refractivity contribution in [3.8, 4) is 0 Å². The number of anilines is 3. The van der Waals surface area contributed by atoms with E-state index in [1.54, 1.807) is 31.3 Å². The summed E-state index contributed by atoms with van der Waals surface area (Å²) in [7, 11) is 0. The summed E-state index contributed by atoms with van der Waals surface area (Å²) in [5, 5.41) is 14.5. The number of rotatable bonds is 7. The number of carbonyl (C=O) groups excluding carboxylic acids is 2. The Morgan fingerprint density at radius 3 is 2.49 bits per heavy atom. The summed E-state index contributed by atoms with van der Waals surface area (Å²) in [6.45, 7) is 3.58. The van der Waals surface area contributed by atoms with Gasteiger partial charge in [0.05, 0.1) is 16.8 Å². The fourth-order valence-electron chi connectivity index (χ4n) is 4.46. The monoisotopic (exact) mass is 539 g/mol. The Morgan fingerprint density at radius 1 is 1.10 bits per heavy atom. The molecule has 3 aromatic rings. The van der Waals surface area contributed by atoms with Crippen molar-refractivity contribution in [3.05, 3.63) is 77.1 Å². The summed E-state index contributed by atoms with van der Waals surface area (Å²) >= 11 is 0. The standard InChI is InChI=1S/C27H28F3N7O2/c1-16(38)37-12-2-3-17(15-37)14-35-21-9-11-34-25(32)23(21)24(31)18-4-6-19(7-5-18)26(39)36-22-13-20(8-10-33-22)27(28,29)30/h4-11,13,17,31H,2-3,12,14-15H2,1H3,(H3,32,34,35)(H,33,36,39). The number of nitrogens with one attached hydrogen (secondary N) is 3. The van der Waals surface area contributed by atoms with Crippen LogP contribution in [-0.4, -0.2) is 52.0 Å². The number of carbonyl (C=O) groups is 2. The molecule has 1 atom stereocenters. The van der Waals surface area contributed by atoms with Gasteiger partial charge in [-0.25, -0.2) is 9.97 Å². The molecule has 0 spiro atoms. The first-order chi connectivity index (χ1) is 18.5. The molecule has 9 nitrogen and oxygen atoms in total. The highest BCUT2D eigenvalue weighted by Crippen LogP contribution is 2.30. The maximum atomic E-state index is 12.9. The van der Waals surface area contributed by atoms with Gasteiger partial charge in [-0.1, -0.05) is 12.1 Å². The van der Waals surface area contributed by atoms with Crippen molar-refractivity contribution in [2.75, 3.05) is 36.0 Å². The molecule has 1 unspecified atom stereocenters. The quantitative estimate of drug-likeness (QED) is 0.328. The molecule has 0 radical (unpaired) electrons. The van der Waals surface area contributed by atoms with E-state index in [2.05, 4.69) is 20.6 Å². The highest BCUT2D eigenvalue weighted by atomic mass is 19.4. The normalized spacial score (nSPS) is 15.5. The zero-order chi connectivity index (χ0) is 28.2. The molecule has 2 aromatic heterocycles. The number of nitrogens with two attached hydrogens (primary N) is 1. The van der Waals surface area contributed by atoms with E-state index in [9.17, 15) is 22.8 Å². The number of hydrogen-bond donors (Lipinski definition) is 4. The number of hydrogen-bond acceptors (Lipinski definition) is 7. The third kappa shape index (κ3) is 6.70. The number of amides is 2. The Kier molecular flexibility index (Phi) is 8.12. The predicted molar refractivity (Wildman–Crippen MR) is 142 cm³/mol. The van der Waals surface area contributed by atoms with Crippen LogP contribution < -0.4 is 16.4 Å². The molecule has 4 rings (SSSR count). The first kappa shape index (κ1) is 27.6. The molecule has 12 heteroatoms. The topological polar surface area (TPSA) is 137 Å². The Balaban J connectivity index is 1.46. The van der Waals surface area contributed by atoms with Gasteiger partial charge in [0.25, 0.3) is 5.91 Å². The Labute approximate surface area is 223 Å². The number of aromatic nitrogens is 2. The van der Waals surface area contributed by atoms with Crippen LogP contribution in [0.25, 0.3) is 0 Å². The van der Waals surface area contributed by atoms with E-state index in [0.29, 0.717) is 29.9 Å². The van der Waals surface area contributed by atoms with Crippen LogP contribution in [0.1, 0.15) is 46.8 Å². The van der Waals surface area contributed by atoms with Crippen LogP contribution >= 0.6 is 0 Å². The lowest BCUT2D eigenvalue weighted by atomic mass is 9.97. The fourth-order valence-corrected chi connectivity index (χ4v) is 4.46. The molecule has 1 aliphatic rings. The van der Waals surface area contributed by atoms with E-state index in [0.717, 1.165) is 37.7 Å². The number of piperidine rings is 1. The summed E-state index contributed by atoms with van der Waals surface area (Å²) in [4.78, 5) is 34.1. The average molecular weight is 540 g/mol. The Hall–Kier alpha value is -4.48. The lowest BCUT2D eigenvalue weighted by Crippen LogP contribution is -2.40. The largest absolute Gasteiger partial charge is 0.416 e. The molecule has 0 aliphatic carbocycles. The van der Waals surface area contributed by atoms with E-state index in [-0.39, 0.29) is 34.7 Å². The molecule has 0 bridgehead atoms. The highest BCUT2D eigenvalue weighted by Gasteiger charge is 2.31. The van der Waals surface area contributed by atoms with Crippen LogP contribution in [0.5, 0.6) is 0 Å². The van der Waals surface area contributed by atoms with Crippen LogP contribution in [0.3, 0.4) is 0 Å². The zero-order valence-electron chi connectivity index (χ0n) is 21.2. The first-order valence-electron chi connectivity index (χ1n) is 12.3. The van der Waals surface area contributed by atoms with Gasteiger partial charge in [0.15, 0.2) is 0 Å². The zero-order valence-corrected chi connectivity index (χ0v) is 21.2. The summed E-state index contributed by atoms with van der Waals surface area (Å²) in [6.07, 6.45) is -0.134. The van der Waals surface area contributed by atoms with Gasteiger partial charge in [-0.3, -0.25) is 15.0 Å². The molecule has 5 N–H and O–H groups in total. The molecule has 1 saturated heterocycles. The molecule has 204 valence electrons. The molecule has 0 saturated carbocycles. The average Bonchev–Trinajstić information content (AvgIpc) is 2.91. The molecule has 2 amide bonds. The first-order valence-corrected chi connectivity index (χ1v) is 12.3. The van der Waals surface area contributed by atoms with Gasteiger partial charge in [-0.2, -0.15) is 13.2 Å². The number of halogens is 3. The molecule has 1 aromatic carbocycles. The minimum atomic E-state index is -4.56. The van der Waals surface area contributed by atoms with Crippen molar-refractivity contribution in [1.29, 1.82) is 5.41 Å². The number of nitrogens with zero attached hydrogens (tertiary/aromatic N) is 3. The SMILES string of the molecule is CC(=O)N1CCCC(CNc2ccnc(N)c2C(=N)c2ccc(C(=O)Nc3cc(C(F)(F)F)ccn3)cc2)C1. The summed E-state index contributed by atoms with van der Waals surface area (Å²) in [5.41, 5.74) is 6.98. The van der Waals surface area contributed by atoms with E-state index in [1.165, 1.54) is 12.1 Å². The van der Waals surface area contributed by atoms with Crippen LogP contribution in [0, 0.1) is 11.3 Å². The van der Waals surface area contributed by atoms with Gasteiger partial charge in [-0.05, 0) is 49.1 Å². The second-order valence-electron chi connectivity index (χ2n) is 9.31. The summed E-state index contributed by atoms with van der Waals surface area (Å²) in [5.74, 6) is -0.400. The van der Waals surface area contributed by atoms with Gasteiger partial charge < -0.3 is 21.3 Å². The number of alkyl halides is 3. The second-order valence-corrected chi connectivity index (χ2v) is 9.31. The van der Waals surface area contributed by atoms with Crippen molar-refractivity contribution in [3.63, 3.8) is 0 Å². The lowest BCUT2D eigenvalue weighted by molar-refractivity contribution is -0.137. The second kappa shape index (κ2) is 11.5. The van der Waals surface area contributed by atoms with E-state index in [4.69, 9.17) is 11.1 Å². The number of likely N-dealkylation sites (tertiary alicyclic amines) is 1. The summed E-state index contributed by atoms with van der Waals surface area (Å²) < 4.78 is 38.8. The number of nitrogen functional groups attached to an aromatic ring is 1. The van der Waals surface area contributed by atoms with Gasteiger partial charge in [0.2, 0.25) is 5.91 Å². The molecular formula is C27H28F3N7O2. The van der Waals surface area contributed by atoms with Crippen molar-refractivity contribution in [1.82, 2.24) is 14.9 Å². The van der Waals surface area contributed by atoms with E-state index in [1.807, 2.05) is 4.90 Å². The maximum absolute atomic E-state index is 12.9. The minimum absolute atomic E-state index is 0.0542. The van der Waals surface area contributed by atoms with Crippen LogP contribution in [0.2, 0.25) is 0 Å². The van der Waals surface area contributed by atoms with Crippen LogP contribution in [0.15, 0.2) is 54.9 Å². The number of benzene rings is 1. The minimum Gasteiger partial charge on any atom is -0.384 e. The van der Waals surface area contributed by atoms with Gasteiger partial charge in [0.1, 0.15) is 11.6 Å². The van der Waals surface area contributed by atoms with Gasteiger partial charge in [0, 0.05) is 55.8 Å². The summed E-state index contributed by atoms with van der Waals surface area (Å²) in [6, 6.07) is 9.34. The smallest absolute Gasteiger partial charge is 0.384 e. The molecule has 3 heterocycles. The van der Waals surface area contributed by atoms with E-state index < -0.39 is 17.6 Å². The lowest BCUT2D eigenvalue weighted by Gasteiger charge is -2.32.